The van der Waals surface area contributed by atoms with Crippen LogP contribution in [-0.4, -0.2) is 19.7 Å². The van der Waals surface area contributed by atoms with E-state index in [2.05, 4.69) is 15.1 Å². The molecule has 0 aliphatic heterocycles. The topological polar surface area (TPSA) is 43.6 Å². The predicted octanol–water partition coefficient (Wildman–Crippen LogP) is 3.03. The number of rotatable bonds is 2. The summed E-state index contributed by atoms with van der Waals surface area (Å²) in [5, 5.41) is 3.78. The lowest BCUT2D eigenvalue weighted by Gasteiger charge is -2.06. The first kappa shape index (κ1) is 13.2. The van der Waals surface area contributed by atoms with Crippen LogP contribution in [0.3, 0.4) is 0 Å². The Bertz CT molecular complexity index is 569. The van der Waals surface area contributed by atoms with Gasteiger partial charge in [-0.3, -0.25) is 4.68 Å². The fourth-order valence-electron chi connectivity index (χ4n) is 1.15. The summed E-state index contributed by atoms with van der Waals surface area (Å²) >= 11 is 6.58. The SMILES string of the molecule is Cn1cc(Sc2cc(Cl)nc(C(F)(F)F)n2)cn1. The zero-order chi connectivity index (χ0) is 13.3. The van der Waals surface area contributed by atoms with Crippen LogP contribution >= 0.6 is 23.4 Å². The summed E-state index contributed by atoms with van der Waals surface area (Å²) in [6.07, 6.45) is -1.43. The lowest BCUT2D eigenvalue weighted by molar-refractivity contribution is -0.145. The van der Waals surface area contributed by atoms with Crippen molar-refractivity contribution in [3.63, 3.8) is 0 Å². The molecule has 0 aromatic carbocycles. The molecule has 2 aromatic rings. The second-order valence-electron chi connectivity index (χ2n) is 3.30. The van der Waals surface area contributed by atoms with Gasteiger partial charge in [-0.2, -0.15) is 18.3 Å². The molecule has 0 N–H and O–H groups in total. The van der Waals surface area contributed by atoms with Crippen LogP contribution in [0.1, 0.15) is 5.82 Å². The Morgan fingerprint density at radius 1 is 1.33 bits per heavy atom. The molecule has 0 saturated carbocycles. The molecule has 0 fully saturated rings. The van der Waals surface area contributed by atoms with Crippen molar-refractivity contribution in [3.05, 3.63) is 29.4 Å². The average molecular weight is 295 g/mol. The van der Waals surface area contributed by atoms with Crippen LogP contribution < -0.4 is 0 Å². The molecule has 2 heterocycles. The van der Waals surface area contributed by atoms with E-state index in [0.29, 0.717) is 4.90 Å². The van der Waals surface area contributed by atoms with Crippen molar-refractivity contribution < 1.29 is 13.2 Å². The lowest BCUT2D eigenvalue weighted by atomic mass is 10.5. The Labute approximate surface area is 109 Å². The van der Waals surface area contributed by atoms with E-state index in [1.807, 2.05) is 0 Å². The molecule has 0 atom stereocenters. The van der Waals surface area contributed by atoms with E-state index < -0.39 is 12.0 Å². The minimum absolute atomic E-state index is 0.121. The summed E-state index contributed by atoms with van der Waals surface area (Å²) in [4.78, 5) is 7.23. The van der Waals surface area contributed by atoms with Crippen molar-refractivity contribution in [1.29, 1.82) is 0 Å². The summed E-state index contributed by atoms with van der Waals surface area (Å²) in [6.45, 7) is 0. The smallest absolute Gasteiger partial charge is 0.275 e. The van der Waals surface area contributed by atoms with E-state index >= 15 is 0 Å². The molecule has 0 aliphatic carbocycles. The van der Waals surface area contributed by atoms with Crippen LogP contribution in [0.25, 0.3) is 0 Å². The second-order valence-corrected chi connectivity index (χ2v) is 4.78. The zero-order valence-corrected chi connectivity index (χ0v) is 10.5. The van der Waals surface area contributed by atoms with Crippen molar-refractivity contribution in [2.75, 3.05) is 0 Å². The van der Waals surface area contributed by atoms with Gasteiger partial charge in [-0.05, 0) is 0 Å². The third kappa shape index (κ3) is 3.14. The maximum atomic E-state index is 12.5. The molecular weight excluding hydrogens is 289 g/mol. The van der Waals surface area contributed by atoms with E-state index in [1.165, 1.54) is 16.9 Å². The molecule has 0 radical (unpaired) electrons. The Morgan fingerprint density at radius 3 is 2.61 bits per heavy atom. The maximum Gasteiger partial charge on any atom is 0.451 e. The number of nitrogens with zero attached hydrogens (tertiary/aromatic N) is 4. The maximum absolute atomic E-state index is 12.5. The predicted molar refractivity (Wildman–Crippen MR) is 59.4 cm³/mol. The van der Waals surface area contributed by atoms with E-state index in [-0.39, 0.29) is 10.2 Å². The third-order valence-electron chi connectivity index (χ3n) is 1.83. The summed E-state index contributed by atoms with van der Waals surface area (Å²) in [7, 11) is 1.71. The Hall–Kier alpha value is -1.28. The van der Waals surface area contributed by atoms with Gasteiger partial charge in [0.1, 0.15) is 10.2 Å². The summed E-state index contributed by atoms with van der Waals surface area (Å²) in [5.74, 6) is -1.25. The van der Waals surface area contributed by atoms with Crippen LogP contribution in [-0.2, 0) is 13.2 Å². The first-order chi connectivity index (χ1) is 8.34. The molecule has 2 aromatic heterocycles. The van der Waals surface area contributed by atoms with Gasteiger partial charge in [-0.15, -0.1) is 0 Å². The van der Waals surface area contributed by atoms with Crippen molar-refractivity contribution >= 4 is 23.4 Å². The number of hydrogen-bond acceptors (Lipinski definition) is 4. The van der Waals surface area contributed by atoms with Crippen molar-refractivity contribution in [2.45, 2.75) is 16.1 Å². The van der Waals surface area contributed by atoms with Gasteiger partial charge in [0, 0.05) is 19.3 Å². The van der Waals surface area contributed by atoms with E-state index in [4.69, 9.17) is 11.6 Å². The third-order valence-corrected chi connectivity index (χ3v) is 2.89. The molecule has 0 amide bonds. The highest BCUT2D eigenvalue weighted by Gasteiger charge is 2.35. The minimum Gasteiger partial charge on any atom is -0.275 e. The van der Waals surface area contributed by atoms with Crippen LogP contribution in [0.5, 0.6) is 0 Å². The van der Waals surface area contributed by atoms with Crippen molar-refractivity contribution in [3.8, 4) is 0 Å². The standard InChI is InChI=1S/C9H6ClF3N4S/c1-17-4-5(3-14-17)18-7-2-6(10)15-8(16-7)9(11,12)13/h2-4H,1H3. The first-order valence-corrected chi connectivity index (χ1v) is 5.82. The quantitative estimate of drug-likeness (QED) is 0.799. The molecule has 18 heavy (non-hydrogen) atoms. The molecule has 9 heteroatoms. The normalized spacial score (nSPS) is 11.8. The highest BCUT2D eigenvalue weighted by molar-refractivity contribution is 7.99. The van der Waals surface area contributed by atoms with Gasteiger partial charge < -0.3 is 0 Å². The van der Waals surface area contributed by atoms with Gasteiger partial charge in [0.15, 0.2) is 0 Å². The lowest BCUT2D eigenvalue weighted by Crippen LogP contribution is -2.11. The van der Waals surface area contributed by atoms with Gasteiger partial charge in [0.25, 0.3) is 0 Å². The van der Waals surface area contributed by atoms with Crippen molar-refractivity contribution in [1.82, 2.24) is 19.7 Å². The molecule has 0 aliphatic rings. The van der Waals surface area contributed by atoms with E-state index in [9.17, 15) is 13.2 Å². The molecule has 0 spiro atoms. The highest BCUT2D eigenvalue weighted by Crippen LogP contribution is 2.31. The van der Waals surface area contributed by atoms with E-state index in [1.54, 1.807) is 13.2 Å². The Morgan fingerprint density at radius 2 is 2.06 bits per heavy atom. The molecule has 0 saturated heterocycles. The Balaban J connectivity index is 2.31. The molecular formula is C9H6ClF3N4S. The minimum atomic E-state index is -4.62. The molecule has 2 rings (SSSR count). The highest BCUT2D eigenvalue weighted by atomic mass is 35.5. The molecule has 0 unspecified atom stereocenters. The van der Waals surface area contributed by atoms with E-state index in [0.717, 1.165) is 11.8 Å². The van der Waals surface area contributed by atoms with Crippen LogP contribution in [0.2, 0.25) is 5.15 Å². The molecule has 4 nitrogen and oxygen atoms in total. The number of hydrogen-bond donors (Lipinski definition) is 0. The first-order valence-electron chi connectivity index (χ1n) is 4.63. The van der Waals surface area contributed by atoms with Gasteiger partial charge in [-0.1, -0.05) is 23.4 Å². The summed E-state index contributed by atoms with van der Waals surface area (Å²) < 4.78 is 39.0. The van der Waals surface area contributed by atoms with Gasteiger partial charge >= 0.3 is 6.18 Å². The van der Waals surface area contributed by atoms with Crippen LogP contribution in [0, 0.1) is 0 Å². The summed E-state index contributed by atoms with van der Waals surface area (Å²) in [5.41, 5.74) is 0. The Kier molecular flexibility index (Phi) is 3.49. The average Bonchev–Trinajstić information content (AvgIpc) is 2.61. The van der Waals surface area contributed by atoms with Crippen LogP contribution in [0.4, 0.5) is 13.2 Å². The molecule has 96 valence electrons. The monoisotopic (exact) mass is 294 g/mol. The fraction of sp³-hybridized carbons (Fsp3) is 0.222. The molecule has 0 bridgehead atoms. The number of aryl methyl sites for hydroxylation is 1. The van der Waals surface area contributed by atoms with Crippen molar-refractivity contribution in [2.24, 2.45) is 7.05 Å². The largest absolute Gasteiger partial charge is 0.451 e. The van der Waals surface area contributed by atoms with Crippen LogP contribution in [0.15, 0.2) is 28.4 Å². The number of alkyl halides is 3. The second kappa shape index (κ2) is 4.77. The summed E-state index contributed by atoms with van der Waals surface area (Å²) in [6, 6.07) is 1.27. The number of aromatic nitrogens is 4. The van der Waals surface area contributed by atoms with Gasteiger partial charge in [0.2, 0.25) is 5.82 Å². The van der Waals surface area contributed by atoms with Gasteiger partial charge in [0.05, 0.1) is 11.1 Å². The fourth-order valence-corrected chi connectivity index (χ4v) is 2.25. The van der Waals surface area contributed by atoms with Gasteiger partial charge in [-0.25, -0.2) is 9.97 Å². The number of halogens is 4. The zero-order valence-electron chi connectivity index (χ0n) is 8.94.